The highest BCUT2D eigenvalue weighted by molar-refractivity contribution is 7.80. The van der Waals surface area contributed by atoms with E-state index in [9.17, 15) is 9.59 Å². The lowest BCUT2D eigenvalue weighted by molar-refractivity contribution is 0.102. The van der Waals surface area contributed by atoms with E-state index >= 15 is 0 Å². The summed E-state index contributed by atoms with van der Waals surface area (Å²) in [6.07, 6.45) is 0.849. The Labute approximate surface area is 209 Å². The second-order valence-corrected chi connectivity index (χ2v) is 8.50. The molecule has 0 aliphatic carbocycles. The molecule has 1 heterocycles. The number of carbonyl (C=O) groups is 1. The summed E-state index contributed by atoms with van der Waals surface area (Å²) < 4.78 is 3.26. The minimum atomic E-state index is -0.373. The van der Waals surface area contributed by atoms with Gasteiger partial charge in [0.2, 0.25) is 0 Å². The van der Waals surface area contributed by atoms with E-state index in [1.54, 1.807) is 36.9 Å². The summed E-state index contributed by atoms with van der Waals surface area (Å²) in [4.78, 5) is 26.1. The summed E-state index contributed by atoms with van der Waals surface area (Å²) in [7, 11) is 1.79. The summed E-state index contributed by atoms with van der Waals surface area (Å²) in [5, 5.41) is 9.56. The minimum Gasteiger partial charge on any atom is -0.362 e. The molecule has 0 spiro atoms. The lowest BCUT2D eigenvalue weighted by Crippen LogP contribution is -2.30. The molecule has 35 heavy (non-hydrogen) atoms. The molecule has 0 bridgehead atoms. The van der Waals surface area contributed by atoms with Crippen molar-refractivity contribution in [2.24, 2.45) is 7.05 Å². The molecule has 178 valence electrons. The molecular formula is C27H27N5O2S. The Balaban J connectivity index is 1.42. The predicted molar refractivity (Wildman–Crippen MR) is 145 cm³/mol. The van der Waals surface area contributed by atoms with Crippen LogP contribution in [0, 0.1) is 6.92 Å². The van der Waals surface area contributed by atoms with Gasteiger partial charge in [-0.05, 0) is 61.5 Å². The van der Waals surface area contributed by atoms with Gasteiger partial charge in [0.25, 0.3) is 11.5 Å². The molecule has 1 amide bonds. The zero-order chi connectivity index (χ0) is 24.8. The zero-order valence-electron chi connectivity index (χ0n) is 19.6. The molecule has 0 unspecified atom stereocenters. The number of anilines is 2. The minimum absolute atomic E-state index is 0.248. The van der Waals surface area contributed by atoms with Crippen molar-refractivity contribution in [3.05, 3.63) is 112 Å². The molecule has 3 aromatic carbocycles. The molecule has 8 heteroatoms. The van der Waals surface area contributed by atoms with Crippen molar-refractivity contribution in [1.82, 2.24) is 14.7 Å². The highest BCUT2D eigenvalue weighted by atomic mass is 32.1. The number of rotatable bonds is 7. The number of para-hydroxylation sites is 1. The topological polar surface area (TPSA) is 80.1 Å². The molecule has 4 aromatic rings. The van der Waals surface area contributed by atoms with Crippen LogP contribution in [0.4, 0.5) is 11.4 Å². The molecule has 0 saturated heterocycles. The molecule has 0 fully saturated rings. The van der Waals surface area contributed by atoms with Gasteiger partial charge in [0.15, 0.2) is 5.11 Å². The molecule has 0 saturated carbocycles. The Morgan fingerprint density at radius 3 is 2.31 bits per heavy atom. The van der Waals surface area contributed by atoms with Crippen molar-refractivity contribution in [3.63, 3.8) is 0 Å². The Kier molecular flexibility index (Phi) is 7.42. The van der Waals surface area contributed by atoms with Crippen molar-refractivity contribution >= 4 is 34.6 Å². The van der Waals surface area contributed by atoms with Gasteiger partial charge in [-0.15, -0.1) is 0 Å². The van der Waals surface area contributed by atoms with Crippen LogP contribution in [0.2, 0.25) is 0 Å². The number of aromatic nitrogens is 2. The van der Waals surface area contributed by atoms with Crippen LogP contribution in [0.1, 0.15) is 21.6 Å². The van der Waals surface area contributed by atoms with Crippen molar-refractivity contribution < 1.29 is 4.79 Å². The largest absolute Gasteiger partial charge is 0.362 e. The van der Waals surface area contributed by atoms with E-state index in [2.05, 4.69) is 28.1 Å². The predicted octanol–water partition coefficient (Wildman–Crippen LogP) is 4.27. The van der Waals surface area contributed by atoms with Crippen LogP contribution in [0.3, 0.4) is 0 Å². The molecule has 3 N–H and O–H groups in total. The highest BCUT2D eigenvalue weighted by Gasteiger charge is 2.19. The maximum Gasteiger partial charge on any atom is 0.295 e. The first-order valence-corrected chi connectivity index (χ1v) is 11.7. The second kappa shape index (κ2) is 10.8. The highest BCUT2D eigenvalue weighted by Crippen LogP contribution is 2.17. The van der Waals surface area contributed by atoms with Crippen LogP contribution in [0.25, 0.3) is 5.69 Å². The number of hydrogen-bond donors (Lipinski definition) is 3. The molecule has 0 atom stereocenters. The number of nitrogens with one attached hydrogen (secondary N) is 3. The fourth-order valence-corrected chi connectivity index (χ4v) is 4.00. The first-order chi connectivity index (χ1) is 16.9. The molecule has 7 nitrogen and oxygen atoms in total. The number of carbonyl (C=O) groups excluding carboxylic acids is 1. The summed E-state index contributed by atoms with van der Waals surface area (Å²) in [6, 6.07) is 26.5. The molecule has 0 aliphatic heterocycles. The normalized spacial score (nSPS) is 10.6. The van der Waals surface area contributed by atoms with Crippen molar-refractivity contribution in [2.45, 2.75) is 13.3 Å². The molecule has 0 aliphatic rings. The monoisotopic (exact) mass is 485 g/mol. The fourth-order valence-electron chi connectivity index (χ4n) is 3.78. The van der Waals surface area contributed by atoms with Crippen molar-refractivity contribution in [1.29, 1.82) is 0 Å². The average molecular weight is 486 g/mol. The third-order valence-electron chi connectivity index (χ3n) is 5.72. The molecule has 1 aromatic heterocycles. The van der Waals surface area contributed by atoms with Gasteiger partial charge >= 0.3 is 0 Å². The SMILES string of the molecule is Cc1c(NC(=O)c2cccc(NC(=S)NCCc3ccccc3)c2)c(=O)n(-c2ccccc2)n1C. The average Bonchev–Trinajstić information content (AvgIpc) is 3.08. The van der Waals surface area contributed by atoms with Crippen LogP contribution >= 0.6 is 12.2 Å². The lowest BCUT2D eigenvalue weighted by atomic mass is 10.1. The fraction of sp³-hybridized carbons (Fsp3) is 0.148. The Morgan fingerprint density at radius 2 is 1.60 bits per heavy atom. The van der Waals surface area contributed by atoms with E-state index in [-0.39, 0.29) is 17.2 Å². The van der Waals surface area contributed by atoms with Gasteiger partial charge in [-0.2, -0.15) is 0 Å². The summed E-state index contributed by atoms with van der Waals surface area (Å²) in [5.41, 5.74) is 3.66. The second-order valence-electron chi connectivity index (χ2n) is 8.09. The Morgan fingerprint density at radius 1 is 0.914 bits per heavy atom. The Hall–Kier alpha value is -4.17. The lowest BCUT2D eigenvalue weighted by Gasteiger charge is -2.11. The van der Waals surface area contributed by atoms with Crippen LogP contribution in [-0.2, 0) is 13.5 Å². The maximum absolute atomic E-state index is 13.1. The molecular weight excluding hydrogens is 458 g/mol. The van der Waals surface area contributed by atoms with E-state index in [1.165, 1.54) is 10.2 Å². The van der Waals surface area contributed by atoms with Gasteiger partial charge in [-0.3, -0.25) is 14.3 Å². The van der Waals surface area contributed by atoms with Gasteiger partial charge in [0.05, 0.1) is 11.4 Å². The maximum atomic E-state index is 13.1. The van der Waals surface area contributed by atoms with Crippen LogP contribution in [0.5, 0.6) is 0 Å². The van der Waals surface area contributed by atoms with Gasteiger partial charge < -0.3 is 16.0 Å². The van der Waals surface area contributed by atoms with Gasteiger partial charge in [-0.1, -0.05) is 54.6 Å². The molecule has 4 rings (SSSR count). The first-order valence-electron chi connectivity index (χ1n) is 11.3. The third-order valence-corrected chi connectivity index (χ3v) is 5.96. The number of nitrogens with zero attached hydrogens (tertiary/aromatic N) is 2. The number of benzene rings is 3. The molecule has 0 radical (unpaired) electrons. The van der Waals surface area contributed by atoms with E-state index in [0.29, 0.717) is 28.6 Å². The summed E-state index contributed by atoms with van der Waals surface area (Å²) in [5.74, 6) is -0.373. The quantitative estimate of drug-likeness (QED) is 0.341. The van der Waals surface area contributed by atoms with Gasteiger partial charge in [0, 0.05) is 24.8 Å². The van der Waals surface area contributed by atoms with E-state index in [1.807, 2.05) is 54.6 Å². The standard InChI is InChI=1S/C27H27N5O2S/c1-19-24(26(34)32(31(19)2)23-14-7-4-8-15-23)30-25(33)21-12-9-13-22(18-21)29-27(35)28-17-16-20-10-5-3-6-11-20/h3-15,18H,16-17H2,1-2H3,(H,30,33)(H2,28,29,35). The number of thiocarbonyl (C=S) groups is 1. The van der Waals surface area contributed by atoms with Gasteiger partial charge in [0.1, 0.15) is 5.69 Å². The van der Waals surface area contributed by atoms with Crippen molar-refractivity contribution in [2.75, 3.05) is 17.2 Å². The van der Waals surface area contributed by atoms with Crippen LogP contribution in [-0.4, -0.2) is 26.9 Å². The van der Waals surface area contributed by atoms with Crippen LogP contribution in [0.15, 0.2) is 89.7 Å². The van der Waals surface area contributed by atoms with Crippen molar-refractivity contribution in [3.8, 4) is 5.69 Å². The third kappa shape index (κ3) is 5.67. The smallest absolute Gasteiger partial charge is 0.295 e. The first kappa shape index (κ1) is 24.0. The summed E-state index contributed by atoms with van der Waals surface area (Å²) in [6.45, 7) is 2.49. The summed E-state index contributed by atoms with van der Waals surface area (Å²) >= 11 is 5.39. The van der Waals surface area contributed by atoms with Crippen LogP contribution < -0.4 is 21.5 Å². The van der Waals surface area contributed by atoms with E-state index in [4.69, 9.17) is 12.2 Å². The van der Waals surface area contributed by atoms with E-state index in [0.717, 1.165) is 12.1 Å². The van der Waals surface area contributed by atoms with Gasteiger partial charge in [-0.25, -0.2) is 4.68 Å². The van der Waals surface area contributed by atoms with E-state index < -0.39 is 0 Å². The number of hydrogen-bond acceptors (Lipinski definition) is 3. The zero-order valence-corrected chi connectivity index (χ0v) is 20.4. The number of amides is 1. The Bertz CT molecular complexity index is 1390.